The molecule has 1 N–H and O–H groups in total. The van der Waals surface area contributed by atoms with Gasteiger partial charge in [0.15, 0.2) is 0 Å². The van der Waals surface area contributed by atoms with Crippen molar-refractivity contribution >= 4 is 17.7 Å². The van der Waals surface area contributed by atoms with E-state index in [2.05, 4.69) is 25.7 Å². The summed E-state index contributed by atoms with van der Waals surface area (Å²) >= 11 is 1.90. The lowest BCUT2D eigenvalue weighted by Crippen LogP contribution is -2.34. The van der Waals surface area contributed by atoms with Gasteiger partial charge < -0.3 is 5.11 Å². The Hall–Kier alpha value is -0.220. The summed E-state index contributed by atoms with van der Waals surface area (Å²) in [5, 5.41) is 8.58. The van der Waals surface area contributed by atoms with Crippen molar-refractivity contribution in [2.75, 3.05) is 24.6 Å². The van der Waals surface area contributed by atoms with Gasteiger partial charge in [-0.05, 0) is 19.6 Å². The van der Waals surface area contributed by atoms with Crippen molar-refractivity contribution in [1.29, 1.82) is 0 Å². The average molecular weight is 219 g/mol. The number of nitrogens with zero attached hydrogens (tertiary/aromatic N) is 1. The molecule has 0 amide bonds. The minimum atomic E-state index is -0.709. The number of carboxylic acid groups (broad SMARTS) is 1. The van der Waals surface area contributed by atoms with Crippen LogP contribution in [-0.2, 0) is 4.79 Å². The number of rotatable bonds is 8. The number of carbonyl (C=O) groups is 1. The van der Waals surface area contributed by atoms with Gasteiger partial charge in [-0.25, -0.2) is 0 Å². The second kappa shape index (κ2) is 8.12. The first kappa shape index (κ1) is 13.8. The number of hydrogen-bond acceptors (Lipinski definition) is 3. The van der Waals surface area contributed by atoms with Gasteiger partial charge in [-0.3, -0.25) is 9.69 Å². The van der Waals surface area contributed by atoms with Gasteiger partial charge in [-0.1, -0.05) is 6.92 Å². The van der Waals surface area contributed by atoms with Crippen LogP contribution in [0.15, 0.2) is 0 Å². The quantitative estimate of drug-likeness (QED) is 0.633. The van der Waals surface area contributed by atoms with Gasteiger partial charge in [0.1, 0.15) is 0 Å². The third kappa shape index (κ3) is 7.21. The Morgan fingerprint density at radius 3 is 2.50 bits per heavy atom. The molecule has 84 valence electrons. The standard InChI is InChI=1S/C10H21NO2S/c1-4-14-8-7-11(9(2)3)6-5-10(12)13/h9H,4-8H2,1-3H3,(H,12,13). The molecule has 3 nitrogen and oxygen atoms in total. The molecule has 0 bridgehead atoms. The number of hydrogen-bond donors (Lipinski definition) is 1. The van der Waals surface area contributed by atoms with E-state index in [1.807, 2.05) is 11.8 Å². The molecule has 0 aromatic rings. The number of carboxylic acids is 1. The molecule has 0 atom stereocenters. The molecule has 14 heavy (non-hydrogen) atoms. The van der Waals surface area contributed by atoms with Crippen molar-refractivity contribution in [2.24, 2.45) is 0 Å². The van der Waals surface area contributed by atoms with E-state index in [1.165, 1.54) is 0 Å². The summed E-state index contributed by atoms with van der Waals surface area (Å²) in [6.07, 6.45) is 0.245. The van der Waals surface area contributed by atoms with Crippen molar-refractivity contribution in [1.82, 2.24) is 4.90 Å². The van der Waals surface area contributed by atoms with Crippen LogP contribution in [-0.4, -0.2) is 46.6 Å². The molecule has 0 rings (SSSR count). The second-order valence-corrected chi connectivity index (χ2v) is 4.86. The van der Waals surface area contributed by atoms with E-state index >= 15 is 0 Å². The zero-order valence-electron chi connectivity index (χ0n) is 9.32. The Morgan fingerprint density at radius 1 is 1.43 bits per heavy atom. The Balaban J connectivity index is 3.72. The van der Waals surface area contributed by atoms with Gasteiger partial charge in [0, 0.05) is 24.9 Å². The van der Waals surface area contributed by atoms with Gasteiger partial charge >= 0.3 is 5.97 Å². The second-order valence-electron chi connectivity index (χ2n) is 3.47. The Bertz CT molecular complexity index is 162. The molecule has 0 saturated heterocycles. The summed E-state index contributed by atoms with van der Waals surface area (Å²) in [6.45, 7) is 8.01. The SMILES string of the molecule is CCSCCN(CCC(=O)O)C(C)C. The largest absolute Gasteiger partial charge is 0.481 e. The summed E-state index contributed by atoms with van der Waals surface area (Å²) in [6, 6.07) is 0.437. The van der Waals surface area contributed by atoms with Gasteiger partial charge in [-0.2, -0.15) is 11.8 Å². The first-order valence-electron chi connectivity index (χ1n) is 5.11. The minimum absolute atomic E-state index is 0.245. The monoisotopic (exact) mass is 219 g/mol. The Labute approximate surface area is 90.9 Å². The third-order valence-electron chi connectivity index (χ3n) is 2.07. The van der Waals surface area contributed by atoms with Crippen LogP contribution in [0.5, 0.6) is 0 Å². The van der Waals surface area contributed by atoms with Gasteiger partial charge in [0.25, 0.3) is 0 Å². The summed E-state index contributed by atoms with van der Waals surface area (Å²) in [7, 11) is 0. The molecule has 0 radical (unpaired) electrons. The van der Waals surface area contributed by atoms with Gasteiger partial charge in [0.05, 0.1) is 6.42 Å². The lowest BCUT2D eigenvalue weighted by atomic mass is 10.3. The van der Waals surface area contributed by atoms with Crippen LogP contribution in [0.4, 0.5) is 0 Å². The number of thioether (sulfide) groups is 1. The molecule has 0 aliphatic rings. The summed E-state index contributed by atoms with van der Waals surface area (Å²) in [5.74, 6) is 1.51. The van der Waals surface area contributed by atoms with Crippen molar-refractivity contribution in [3.63, 3.8) is 0 Å². The van der Waals surface area contributed by atoms with E-state index in [-0.39, 0.29) is 6.42 Å². The Kier molecular flexibility index (Phi) is 7.99. The molecule has 0 spiro atoms. The van der Waals surface area contributed by atoms with E-state index in [0.717, 1.165) is 18.1 Å². The fourth-order valence-corrected chi connectivity index (χ4v) is 1.85. The van der Waals surface area contributed by atoms with Crippen molar-refractivity contribution in [3.05, 3.63) is 0 Å². The molecule has 0 fully saturated rings. The van der Waals surface area contributed by atoms with Crippen LogP contribution >= 0.6 is 11.8 Å². The molecule has 0 unspecified atom stereocenters. The molecule has 0 saturated carbocycles. The maximum absolute atomic E-state index is 10.4. The molecule has 0 heterocycles. The zero-order chi connectivity index (χ0) is 11.0. The normalized spacial score (nSPS) is 11.2. The van der Waals surface area contributed by atoms with Gasteiger partial charge in [-0.15, -0.1) is 0 Å². The van der Waals surface area contributed by atoms with E-state index < -0.39 is 5.97 Å². The molecule has 0 aliphatic carbocycles. The Morgan fingerprint density at radius 2 is 2.07 bits per heavy atom. The maximum Gasteiger partial charge on any atom is 0.304 e. The van der Waals surface area contributed by atoms with Crippen LogP contribution in [0.3, 0.4) is 0 Å². The van der Waals surface area contributed by atoms with Crippen LogP contribution in [0.1, 0.15) is 27.2 Å². The lowest BCUT2D eigenvalue weighted by molar-refractivity contribution is -0.137. The van der Waals surface area contributed by atoms with Crippen LogP contribution in [0.25, 0.3) is 0 Å². The molecule has 0 aliphatic heterocycles. The van der Waals surface area contributed by atoms with Crippen LogP contribution < -0.4 is 0 Å². The number of aliphatic carboxylic acids is 1. The summed E-state index contributed by atoms with van der Waals surface area (Å²) < 4.78 is 0. The predicted octanol–water partition coefficient (Wildman–Crippen LogP) is 1.92. The molecule has 0 aromatic heterocycles. The zero-order valence-corrected chi connectivity index (χ0v) is 10.1. The fraction of sp³-hybridized carbons (Fsp3) is 0.900. The van der Waals surface area contributed by atoms with Crippen molar-refractivity contribution in [2.45, 2.75) is 33.2 Å². The van der Waals surface area contributed by atoms with E-state index in [1.54, 1.807) is 0 Å². The van der Waals surface area contributed by atoms with Crippen LogP contribution in [0, 0.1) is 0 Å². The van der Waals surface area contributed by atoms with Gasteiger partial charge in [0.2, 0.25) is 0 Å². The summed E-state index contributed by atoms with van der Waals surface area (Å²) in [4.78, 5) is 12.6. The predicted molar refractivity (Wildman–Crippen MR) is 62.0 cm³/mol. The smallest absolute Gasteiger partial charge is 0.304 e. The lowest BCUT2D eigenvalue weighted by Gasteiger charge is -2.25. The summed E-state index contributed by atoms with van der Waals surface area (Å²) in [5.41, 5.74) is 0. The minimum Gasteiger partial charge on any atom is -0.481 e. The van der Waals surface area contributed by atoms with Crippen molar-refractivity contribution < 1.29 is 9.90 Å². The maximum atomic E-state index is 10.4. The highest BCUT2D eigenvalue weighted by atomic mass is 32.2. The third-order valence-corrected chi connectivity index (χ3v) is 2.95. The highest BCUT2D eigenvalue weighted by Gasteiger charge is 2.10. The van der Waals surface area contributed by atoms with Crippen LogP contribution in [0.2, 0.25) is 0 Å². The molecular weight excluding hydrogens is 198 g/mol. The molecular formula is C10H21NO2S. The van der Waals surface area contributed by atoms with E-state index in [9.17, 15) is 4.79 Å². The fourth-order valence-electron chi connectivity index (χ4n) is 1.19. The first-order valence-corrected chi connectivity index (χ1v) is 6.27. The van der Waals surface area contributed by atoms with Crippen molar-refractivity contribution in [3.8, 4) is 0 Å². The highest BCUT2D eigenvalue weighted by molar-refractivity contribution is 7.99. The molecule has 4 heteroatoms. The first-order chi connectivity index (χ1) is 6.57. The average Bonchev–Trinajstić information content (AvgIpc) is 2.10. The highest BCUT2D eigenvalue weighted by Crippen LogP contribution is 2.04. The molecule has 0 aromatic carbocycles. The van der Waals surface area contributed by atoms with E-state index in [0.29, 0.717) is 12.6 Å². The van der Waals surface area contributed by atoms with E-state index in [4.69, 9.17) is 5.11 Å². The topological polar surface area (TPSA) is 40.5 Å².